The lowest BCUT2D eigenvalue weighted by molar-refractivity contribution is 0.438. The summed E-state index contributed by atoms with van der Waals surface area (Å²) < 4.78 is 20.4. The fraction of sp³-hybridized carbons (Fsp3) is 0.333. The summed E-state index contributed by atoms with van der Waals surface area (Å²) in [6, 6.07) is 3.19. The van der Waals surface area contributed by atoms with Crippen LogP contribution in [0.1, 0.15) is 32.5 Å². The molecule has 1 saturated heterocycles. The third-order valence-electron chi connectivity index (χ3n) is 6.09. The van der Waals surface area contributed by atoms with Gasteiger partial charge in [-0.15, -0.1) is 0 Å². The van der Waals surface area contributed by atoms with Gasteiger partial charge in [-0.1, -0.05) is 11.1 Å². The highest BCUT2D eigenvalue weighted by Gasteiger charge is 2.24. The second kappa shape index (κ2) is 8.31. The molecular formula is C24H26FN7O. The van der Waals surface area contributed by atoms with Crippen LogP contribution in [0.2, 0.25) is 0 Å². The van der Waals surface area contributed by atoms with E-state index < -0.39 is 0 Å². The molecule has 0 aliphatic carbocycles. The van der Waals surface area contributed by atoms with Crippen LogP contribution in [0.4, 0.5) is 15.9 Å². The highest BCUT2D eigenvalue weighted by Crippen LogP contribution is 2.38. The van der Waals surface area contributed by atoms with Crippen molar-refractivity contribution >= 4 is 33.4 Å². The fourth-order valence-corrected chi connectivity index (χ4v) is 4.32. The summed E-state index contributed by atoms with van der Waals surface area (Å²) in [4.78, 5) is 23.3. The van der Waals surface area contributed by atoms with Crippen LogP contribution in [0.3, 0.4) is 0 Å². The zero-order chi connectivity index (χ0) is 23.1. The number of aromatic nitrogens is 5. The fourth-order valence-electron chi connectivity index (χ4n) is 4.32. The SMILES string of the molecule is CNc1cc(F)cc2c1[nH]c1nc(Oc3cnc(C)nc3)nc(N3CCC(=C(C)C)CC3)c12. The van der Waals surface area contributed by atoms with Gasteiger partial charge in [0.15, 0.2) is 5.75 Å². The Morgan fingerprint density at radius 1 is 1.12 bits per heavy atom. The summed E-state index contributed by atoms with van der Waals surface area (Å²) in [5.74, 6) is 1.52. The molecule has 0 radical (unpaired) electrons. The van der Waals surface area contributed by atoms with E-state index in [0.717, 1.165) is 48.0 Å². The largest absolute Gasteiger partial charge is 0.421 e. The highest BCUT2D eigenvalue weighted by atomic mass is 19.1. The number of nitrogens with one attached hydrogen (secondary N) is 2. The molecule has 0 bridgehead atoms. The summed E-state index contributed by atoms with van der Waals surface area (Å²) >= 11 is 0. The molecule has 0 atom stereocenters. The van der Waals surface area contributed by atoms with Crippen molar-refractivity contribution in [3.63, 3.8) is 0 Å². The molecule has 1 aromatic carbocycles. The smallest absolute Gasteiger partial charge is 0.326 e. The number of piperidine rings is 1. The highest BCUT2D eigenvalue weighted by molar-refractivity contribution is 6.14. The molecule has 1 aliphatic rings. The number of benzene rings is 1. The maximum absolute atomic E-state index is 14.5. The Balaban J connectivity index is 1.67. The Morgan fingerprint density at radius 2 is 1.85 bits per heavy atom. The molecule has 33 heavy (non-hydrogen) atoms. The van der Waals surface area contributed by atoms with Crippen LogP contribution in [0.5, 0.6) is 11.8 Å². The number of nitrogens with zero attached hydrogens (tertiary/aromatic N) is 5. The molecule has 2 N–H and O–H groups in total. The molecular weight excluding hydrogens is 421 g/mol. The van der Waals surface area contributed by atoms with Crippen molar-refractivity contribution in [1.82, 2.24) is 24.9 Å². The van der Waals surface area contributed by atoms with Crippen LogP contribution in [0.15, 0.2) is 35.7 Å². The number of ether oxygens (including phenoxy) is 1. The lowest BCUT2D eigenvalue weighted by Crippen LogP contribution is -2.31. The molecule has 3 aromatic heterocycles. The molecule has 0 amide bonds. The first-order chi connectivity index (χ1) is 15.9. The number of halogens is 1. The standard InChI is InChI=1S/C24H26FN7O/c1-13(2)15-5-7-32(8-6-15)23-20-18-9-16(25)10-19(26-4)21(18)29-22(20)30-24(31-23)33-17-11-27-14(3)28-12-17/h9-12,26H,5-8H2,1-4H3,(H,29,30,31). The van der Waals surface area contributed by atoms with Crippen LogP contribution < -0.4 is 15.0 Å². The van der Waals surface area contributed by atoms with Gasteiger partial charge < -0.3 is 19.9 Å². The van der Waals surface area contributed by atoms with E-state index in [1.165, 1.54) is 23.3 Å². The minimum absolute atomic E-state index is 0.191. The van der Waals surface area contributed by atoms with Crippen molar-refractivity contribution in [3.8, 4) is 11.8 Å². The van der Waals surface area contributed by atoms with Gasteiger partial charge in [-0.3, -0.25) is 0 Å². The van der Waals surface area contributed by atoms with Crippen molar-refractivity contribution in [1.29, 1.82) is 0 Å². The normalized spacial score (nSPS) is 14.2. The molecule has 4 aromatic rings. The maximum Gasteiger partial charge on any atom is 0.326 e. The monoisotopic (exact) mass is 447 g/mol. The number of rotatable bonds is 4. The first-order valence-corrected chi connectivity index (χ1v) is 11.0. The maximum atomic E-state index is 14.5. The van der Waals surface area contributed by atoms with Crippen molar-refractivity contribution < 1.29 is 9.13 Å². The molecule has 1 fully saturated rings. The molecule has 0 unspecified atom stereocenters. The van der Waals surface area contributed by atoms with Gasteiger partial charge in [0.1, 0.15) is 23.1 Å². The molecule has 0 spiro atoms. The van der Waals surface area contributed by atoms with E-state index in [1.54, 1.807) is 19.4 Å². The van der Waals surface area contributed by atoms with E-state index in [2.05, 4.69) is 44.0 Å². The van der Waals surface area contributed by atoms with Crippen LogP contribution in [-0.4, -0.2) is 45.1 Å². The second-order valence-electron chi connectivity index (χ2n) is 8.46. The Hall–Kier alpha value is -3.75. The van der Waals surface area contributed by atoms with Crippen molar-refractivity contribution in [3.05, 3.63) is 47.3 Å². The first kappa shape index (κ1) is 21.1. The number of H-pyrrole nitrogens is 1. The van der Waals surface area contributed by atoms with Gasteiger partial charge in [0, 0.05) is 25.5 Å². The first-order valence-electron chi connectivity index (χ1n) is 11.0. The minimum Gasteiger partial charge on any atom is -0.421 e. The summed E-state index contributed by atoms with van der Waals surface area (Å²) in [6.07, 6.45) is 5.12. The number of hydrogen-bond donors (Lipinski definition) is 2. The molecule has 9 heteroatoms. The van der Waals surface area contributed by atoms with Crippen LogP contribution in [-0.2, 0) is 0 Å². The number of aryl methyl sites for hydroxylation is 1. The van der Waals surface area contributed by atoms with Gasteiger partial charge in [-0.2, -0.15) is 9.97 Å². The number of allylic oxidation sites excluding steroid dienone is 1. The second-order valence-corrected chi connectivity index (χ2v) is 8.46. The van der Waals surface area contributed by atoms with Crippen LogP contribution in [0, 0.1) is 12.7 Å². The average molecular weight is 448 g/mol. The van der Waals surface area contributed by atoms with Gasteiger partial charge in [0.25, 0.3) is 0 Å². The molecule has 5 rings (SSSR count). The van der Waals surface area contributed by atoms with Crippen LogP contribution in [0.25, 0.3) is 21.9 Å². The molecule has 8 nitrogen and oxygen atoms in total. The van der Waals surface area contributed by atoms with Gasteiger partial charge in [0.2, 0.25) is 0 Å². The van der Waals surface area contributed by atoms with E-state index in [-0.39, 0.29) is 11.8 Å². The zero-order valence-corrected chi connectivity index (χ0v) is 19.2. The number of anilines is 2. The Kier molecular flexibility index (Phi) is 5.32. The Labute approximate surface area is 190 Å². The third kappa shape index (κ3) is 3.94. The summed E-state index contributed by atoms with van der Waals surface area (Å²) in [7, 11) is 1.77. The van der Waals surface area contributed by atoms with Crippen molar-refractivity contribution in [2.75, 3.05) is 30.4 Å². The summed E-state index contributed by atoms with van der Waals surface area (Å²) in [5.41, 5.74) is 4.88. The van der Waals surface area contributed by atoms with E-state index in [9.17, 15) is 4.39 Å². The predicted octanol–water partition coefficient (Wildman–Crippen LogP) is 5.12. The molecule has 4 heterocycles. The third-order valence-corrected chi connectivity index (χ3v) is 6.09. The molecule has 1 aliphatic heterocycles. The summed E-state index contributed by atoms with van der Waals surface area (Å²) in [5, 5.41) is 4.59. The average Bonchev–Trinajstić information content (AvgIpc) is 3.18. The van der Waals surface area contributed by atoms with Gasteiger partial charge in [-0.05, 0) is 45.7 Å². The Bertz CT molecular complexity index is 1360. The lowest BCUT2D eigenvalue weighted by Gasteiger charge is -2.30. The van der Waals surface area contributed by atoms with E-state index in [4.69, 9.17) is 9.72 Å². The van der Waals surface area contributed by atoms with Crippen LogP contribution >= 0.6 is 0 Å². The molecule has 170 valence electrons. The number of fused-ring (bicyclic) bond motifs is 3. The van der Waals surface area contributed by atoms with Crippen molar-refractivity contribution in [2.24, 2.45) is 0 Å². The van der Waals surface area contributed by atoms with Gasteiger partial charge >= 0.3 is 6.01 Å². The summed E-state index contributed by atoms with van der Waals surface area (Å²) in [6.45, 7) is 7.77. The lowest BCUT2D eigenvalue weighted by atomic mass is 9.99. The van der Waals surface area contributed by atoms with E-state index in [0.29, 0.717) is 22.9 Å². The Morgan fingerprint density at radius 3 is 2.52 bits per heavy atom. The quantitative estimate of drug-likeness (QED) is 0.420. The van der Waals surface area contributed by atoms with E-state index in [1.807, 2.05) is 6.92 Å². The number of aromatic amines is 1. The van der Waals surface area contributed by atoms with Gasteiger partial charge in [-0.25, -0.2) is 14.4 Å². The van der Waals surface area contributed by atoms with Gasteiger partial charge in [0.05, 0.1) is 29.0 Å². The van der Waals surface area contributed by atoms with E-state index >= 15 is 0 Å². The topological polar surface area (TPSA) is 91.8 Å². The predicted molar refractivity (Wildman–Crippen MR) is 128 cm³/mol. The van der Waals surface area contributed by atoms with Crippen molar-refractivity contribution in [2.45, 2.75) is 33.6 Å². The molecule has 0 saturated carbocycles. The number of hydrogen-bond acceptors (Lipinski definition) is 7. The minimum atomic E-state index is -0.318. The zero-order valence-electron chi connectivity index (χ0n) is 19.2.